The summed E-state index contributed by atoms with van der Waals surface area (Å²) in [5, 5.41) is 11.6. The van der Waals surface area contributed by atoms with Crippen LogP contribution in [0.25, 0.3) is 21.1 Å². The fourth-order valence-corrected chi connectivity index (χ4v) is 6.11. The lowest BCUT2D eigenvalue weighted by atomic mass is 9.86. The summed E-state index contributed by atoms with van der Waals surface area (Å²) in [5.74, 6) is -0.252. The lowest BCUT2D eigenvalue weighted by Gasteiger charge is -2.38. The number of H-pyrrole nitrogens is 1. The van der Waals surface area contributed by atoms with Crippen molar-refractivity contribution in [2.24, 2.45) is 5.92 Å². The predicted octanol–water partition coefficient (Wildman–Crippen LogP) is 4.77. The molecule has 34 heavy (non-hydrogen) atoms. The highest BCUT2D eigenvalue weighted by molar-refractivity contribution is 7.18. The highest BCUT2D eigenvalue weighted by Gasteiger charge is 2.35. The second kappa shape index (κ2) is 8.47. The maximum Gasteiger partial charge on any atom is 0.314 e. The number of aromatic amines is 1. The molecule has 4 aromatic rings. The van der Waals surface area contributed by atoms with Gasteiger partial charge in [0.05, 0.1) is 44.9 Å². The number of piperidine rings is 1. The summed E-state index contributed by atoms with van der Waals surface area (Å²) < 4.78 is 1.19. The molecule has 1 aliphatic heterocycles. The monoisotopic (exact) mass is 474 g/mol. The summed E-state index contributed by atoms with van der Waals surface area (Å²) in [7, 11) is 0. The number of hydrogen-bond donors (Lipinski definition) is 2. The number of aromatic nitrogens is 4. The maximum atomic E-state index is 13.4. The smallest absolute Gasteiger partial charge is 0.314 e. The zero-order valence-corrected chi connectivity index (χ0v) is 19.8. The number of carbonyl (C=O) groups is 2. The first-order valence-corrected chi connectivity index (χ1v) is 12.7. The highest BCUT2D eigenvalue weighted by Crippen LogP contribution is 2.41. The molecule has 2 atom stereocenters. The Morgan fingerprint density at radius 1 is 1.15 bits per heavy atom. The molecule has 1 aromatic carbocycles. The SMILES string of the molecule is C[C@H]1CC[C@H](c2ccc3sc(C4CCC4)nc3c2)N(C(=O)C(=O)Nc2cncc3cn[nH]c23)C1. The molecule has 2 aliphatic rings. The molecule has 3 aromatic heterocycles. The molecule has 0 unspecified atom stereocenters. The van der Waals surface area contributed by atoms with Crippen LogP contribution in [0.1, 0.15) is 61.6 Å². The third-order valence-electron chi connectivity index (χ3n) is 7.14. The number of nitrogens with one attached hydrogen (secondary N) is 2. The van der Waals surface area contributed by atoms with Gasteiger partial charge in [-0.1, -0.05) is 19.4 Å². The van der Waals surface area contributed by atoms with Gasteiger partial charge in [0.2, 0.25) is 0 Å². The van der Waals surface area contributed by atoms with E-state index in [-0.39, 0.29) is 6.04 Å². The number of pyridine rings is 1. The molecule has 174 valence electrons. The third-order valence-corrected chi connectivity index (χ3v) is 8.34. The van der Waals surface area contributed by atoms with E-state index in [2.05, 4.69) is 45.6 Å². The second-order valence-corrected chi connectivity index (χ2v) is 10.6. The zero-order chi connectivity index (χ0) is 23.2. The number of likely N-dealkylation sites (tertiary alicyclic amines) is 1. The molecular formula is C25H26N6O2S. The van der Waals surface area contributed by atoms with Crippen molar-refractivity contribution in [2.45, 2.75) is 51.0 Å². The van der Waals surface area contributed by atoms with E-state index < -0.39 is 11.8 Å². The standard InChI is InChI=1S/C25H26N6O2S/c1-14-5-7-20(16-6-8-21-18(9-16)29-24(34-21)15-3-2-4-15)31(13-14)25(33)23(32)28-19-12-26-10-17-11-27-30-22(17)19/h6,8-12,14-15,20H,2-5,7,13H2,1H3,(H,27,30)(H,28,32)/t14-,20+/m0/s1. The fourth-order valence-electron chi connectivity index (χ4n) is 4.99. The summed E-state index contributed by atoms with van der Waals surface area (Å²) in [5.41, 5.74) is 3.14. The Hall–Kier alpha value is -3.33. The van der Waals surface area contributed by atoms with E-state index >= 15 is 0 Å². The first-order chi connectivity index (χ1) is 16.6. The fraction of sp³-hybridized carbons (Fsp3) is 0.400. The largest absolute Gasteiger partial charge is 0.327 e. The van der Waals surface area contributed by atoms with Gasteiger partial charge in [0.1, 0.15) is 0 Å². The Balaban J connectivity index is 1.26. The van der Waals surface area contributed by atoms with Gasteiger partial charge in [0.25, 0.3) is 0 Å². The molecule has 2 fully saturated rings. The summed E-state index contributed by atoms with van der Waals surface area (Å²) >= 11 is 1.78. The molecule has 4 heterocycles. The van der Waals surface area contributed by atoms with E-state index in [1.807, 2.05) is 0 Å². The number of amides is 2. The van der Waals surface area contributed by atoms with Crippen LogP contribution in [0.4, 0.5) is 5.69 Å². The molecule has 0 spiro atoms. The van der Waals surface area contributed by atoms with Crippen molar-refractivity contribution in [3.8, 4) is 0 Å². The average Bonchev–Trinajstić information content (AvgIpc) is 3.44. The number of anilines is 1. The summed E-state index contributed by atoms with van der Waals surface area (Å²) in [4.78, 5) is 37.1. The highest BCUT2D eigenvalue weighted by atomic mass is 32.1. The summed E-state index contributed by atoms with van der Waals surface area (Å²) in [6.07, 6.45) is 10.4. The van der Waals surface area contributed by atoms with Gasteiger partial charge < -0.3 is 10.2 Å². The van der Waals surface area contributed by atoms with Crippen molar-refractivity contribution in [1.29, 1.82) is 0 Å². The Labute approximate surface area is 200 Å². The molecule has 1 saturated carbocycles. The van der Waals surface area contributed by atoms with Crippen LogP contribution >= 0.6 is 11.3 Å². The normalized spacial score (nSPS) is 21.0. The van der Waals surface area contributed by atoms with Crippen LogP contribution in [0.15, 0.2) is 36.8 Å². The Morgan fingerprint density at radius 2 is 2.03 bits per heavy atom. The molecule has 0 bridgehead atoms. The van der Waals surface area contributed by atoms with Gasteiger partial charge in [-0.25, -0.2) is 4.98 Å². The number of carbonyl (C=O) groups excluding carboxylic acids is 2. The Morgan fingerprint density at radius 3 is 2.85 bits per heavy atom. The third kappa shape index (κ3) is 3.73. The molecule has 1 saturated heterocycles. The number of rotatable bonds is 3. The molecule has 6 rings (SSSR count). The van der Waals surface area contributed by atoms with Crippen molar-refractivity contribution in [2.75, 3.05) is 11.9 Å². The van der Waals surface area contributed by atoms with Gasteiger partial charge in [0, 0.05) is 24.0 Å². The number of hydrogen-bond acceptors (Lipinski definition) is 6. The van der Waals surface area contributed by atoms with Crippen molar-refractivity contribution in [1.82, 2.24) is 25.1 Å². The molecule has 9 heteroatoms. The van der Waals surface area contributed by atoms with Gasteiger partial charge in [-0.15, -0.1) is 11.3 Å². The summed E-state index contributed by atoms with van der Waals surface area (Å²) in [6, 6.07) is 6.19. The number of nitrogens with zero attached hydrogens (tertiary/aromatic N) is 4. The minimum absolute atomic E-state index is 0.145. The van der Waals surface area contributed by atoms with Crippen molar-refractivity contribution >= 4 is 50.0 Å². The quantitative estimate of drug-likeness (QED) is 0.416. The van der Waals surface area contributed by atoms with E-state index in [9.17, 15) is 9.59 Å². The van der Waals surface area contributed by atoms with E-state index in [0.29, 0.717) is 29.6 Å². The number of fused-ring (bicyclic) bond motifs is 2. The maximum absolute atomic E-state index is 13.4. The van der Waals surface area contributed by atoms with Gasteiger partial charge in [-0.2, -0.15) is 5.10 Å². The first kappa shape index (κ1) is 21.2. The van der Waals surface area contributed by atoms with Gasteiger partial charge >= 0.3 is 11.8 Å². The molecule has 1 aliphatic carbocycles. The molecule has 2 N–H and O–H groups in total. The van der Waals surface area contributed by atoms with Crippen LogP contribution in [0.5, 0.6) is 0 Å². The Bertz CT molecular complexity index is 1390. The van der Waals surface area contributed by atoms with Gasteiger partial charge in [-0.05, 0) is 49.3 Å². The van der Waals surface area contributed by atoms with Crippen molar-refractivity contribution < 1.29 is 9.59 Å². The number of thiazole rings is 1. The van der Waals surface area contributed by atoms with Crippen LogP contribution in [-0.4, -0.2) is 43.4 Å². The lowest BCUT2D eigenvalue weighted by Crippen LogP contribution is -2.46. The Kier molecular flexibility index (Phi) is 5.28. The molecule has 0 radical (unpaired) electrons. The van der Waals surface area contributed by atoms with Crippen LogP contribution < -0.4 is 5.32 Å². The van der Waals surface area contributed by atoms with Gasteiger partial charge in [-0.3, -0.25) is 19.7 Å². The number of benzene rings is 1. The van der Waals surface area contributed by atoms with Crippen LogP contribution in [0.2, 0.25) is 0 Å². The van der Waals surface area contributed by atoms with E-state index in [0.717, 1.165) is 29.3 Å². The van der Waals surface area contributed by atoms with E-state index in [1.165, 1.54) is 35.2 Å². The van der Waals surface area contributed by atoms with Crippen LogP contribution in [0, 0.1) is 5.92 Å². The molecule has 8 nitrogen and oxygen atoms in total. The molecule has 2 amide bonds. The van der Waals surface area contributed by atoms with E-state index in [4.69, 9.17) is 4.98 Å². The van der Waals surface area contributed by atoms with Crippen molar-refractivity contribution in [3.63, 3.8) is 0 Å². The summed E-state index contributed by atoms with van der Waals surface area (Å²) in [6.45, 7) is 2.67. The average molecular weight is 475 g/mol. The minimum atomic E-state index is -0.662. The first-order valence-electron chi connectivity index (χ1n) is 11.9. The van der Waals surface area contributed by atoms with E-state index in [1.54, 1.807) is 28.6 Å². The lowest BCUT2D eigenvalue weighted by molar-refractivity contribution is -0.146. The topological polar surface area (TPSA) is 104 Å². The van der Waals surface area contributed by atoms with Gasteiger partial charge in [0.15, 0.2) is 0 Å². The predicted molar refractivity (Wildman–Crippen MR) is 132 cm³/mol. The van der Waals surface area contributed by atoms with Crippen molar-refractivity contribution in [3.05, 3.63) is 47.4 Å². The second-order valence-electron chi connectivity index (χ2n) is 9.54. The zero-order valence-electron chi connectivity index (χ0n) is 19.0. The minimum Gasteiger partial charge on any atom is -0.327 e. The van der Waals surface area contributed by atoms with Crippen LogP contribution in [-0.2, 0) is 9.59 Å². The molecular weight excluding hydrogens is 448 g/mol. The van der Waals surface area contributed by atoms with Crippen LogP contribution in [0.3, 0.4) is 0 Å².